The number of hydrogen-bond donors (Lipinski definition) is 0. The van der Waals surface area contributed by atoms with Gasteiger partial charge in [-0.2, -0.15) is 0 Å². The summed E-state index contributed by atoms with van der Waals surface area (Å²) in [4.78, 5) is 17.4. The van der Waals surface area contributed by atoms with Crippen LogP contribution in [0.5, 0.6) is 0 Å². The quantitative estimate of drug-likeness (QED) is 0.166. The highest BCUT2D eigenvalue weighted by atomic mass is 32.2. The van der Waals surface area contributed by atoms with Gasteiger partial charge in [0.05, 0.1) is 11.0 Å². The van der Waals surface area contributed by atoms with E-state index >= 15 is 0 Å². The van der Waals surface area contributed by atoms with Crippen LogP contribution in [0.3, 0.4) is 0 Å². The Hall–Kier alpha value is -8.42. The van der Waals surface area contributed by atoms with Crippen molar-refractivity contribution in [1.29, 1.82) is 0 Å². The minimum absolute atomic E-state index is 0.0805. The number of thioether (sulfide) groups is 1. The summed E-state index contributed by atoms with van der Waals surface area (Å²) >= 11 is 3.87. The van der Waals surface area contributed by atoms with Crippen LogP contribution >= 0.6 is 23.1 Å². The summed E-state index contributed by atoms with van der Waals surface area (Å²) in [5.41, 5.74) is 16.0. The van der Waals surface area contributed by atoms with Gasteiger partial charge in [-0.25, -0.2) is 15.0 Å². The minimum atomic E-state index is 0.0805. The molecule has 2 aliphatic carbocycles. The van der Waals surface area contributed by atoms with Crippen molar-refractivity contribution in [3.63, 3.8) is 0 Å². The average molecular weight is 1010 g/mol. The molecule has 3 aromatic heterocycles. The van der Waals surface area contributed by atoms with E-state index in [0.29, 0.717) is 28.6 Å². The molecule has 10 aromatic carbocycles. The summed E-state index contributed by atoms with van der Waals surface area (Å²) < 4.78 is 4.93. The van der Waals surface area contributed by atoms with Crippen LogP contribution in [0.15, 0.2) is 234 Å². The van der Waals surface area contributed by atoms with Crippen LogP contribution in [0.4, 0.5) is 0 Å². The smallest absolute Gasteiger partial charge is 0.164 e. The van der Waals surface area contributed by atoms with E-state index in [-0.39, 0.29) is 5.41 Å². The highest BCUT2D eigenvalue weighted by molar-refractivity contribution is 8.00. The largest absolute Gasteiger partial charge is 0.309 e. The molecule has 0 radical (unpaired) electrons. The SMILES string of the molecule is CC1(C)C2=C(C=CCC2)C2Sc3ccc(-c4nc(-c5ccccc5)nc(-c5cccc6sc7cc(-n8c9cc(-c%10ccccc%10)c%10ccccc%10c9c9c%10ccccc%10c(-c%10ccccc%10)cc98)ccc7c56)n4)cc3C21. The molecule has 0 spiro atoms. The Morgan fingerprint density at radius 1 is 0.474 bits per heavy atom. The van der Waals surface area contributed by atoms with E-state index in [4.69, 9.17) is 15.0 Å². The Labute approximate surface area is 448 Å². The van der Waals surface area contributed by atoms with Crippen molar-refractivity contribution in [3.8, 4) is 62.1 Å². The third kappa shape index (κ3) is 6.53. The predicted octanol–water partition coefficient (Wildman–Crippen LogP) is 19.2. The van der Waals surface area contributed by atoms with Gasteiger partial charge < -0.3 is 4.57 Å². The van der Waals surface area contributed by atoms with E-state index in [1.807, 2.05) is 29.2 Å². The third-order valence-electron chi connectivity index (χ3n) is 16.8. The molecule has 0 bridgehead atoms. The number of fused-ring (bicyclic) bond motifs is 14. The molecular formula is C70H48N4S2. The molecule has 360 valence electrons. The molecule has 6 heteroatoms. The second kappa shape index (κ2) is 16.8. The first-order valence-electron chi connectivity index (χ1n) is 26.5. The molecule has 2 atom stereocenters. The minimum Gasteiger partial charge on any atom is -0.309 e. The Bertz CT molecular complexity index is 4510. The van der Waals surface area contributed by atoms with Crippen molar-refractivity contribution in [2.45, 2.75) is 42.8 Å². The molecule has 1 aliphatic heterocycles. The first-order valence-corrected chi connectivity index (χ1v) is 28.2. The molecule has 2 unspecified atom stereocenters. The van der Waals surface area contributed by atoms with Crippen molar-refractivity contribution in [2.24, 2.45) is 5.41 Å². The van der Waals surface area contributed by atoms with Gasteiger partial charge in [0.25, 0.3) is 0 Å². The monoisotopic (exact) mass is 1010 g/mol. The summed E-state index contributed by atoms with van der Waals surface area (Å²) in [7, 11) is 0. The number of benzene rings is 10. The second-order valence-corrected chi connectivity index (χ2v) is 23.6. The van der Waals surface area contributed by atoms with Crippen molar-refractivity contribution in [2.75, 3.05) is 0 Å². The number of hydrogen-bond acceptors (Lipinski definition) is 5. The molecule has 4 heterocycles. The molecule has 0 fully saturated rings. The molecule has 3 aliphatic rings. The highest BCUT2D eigenvalue weighted by Crippen LogP contribution is 2.65. The third-order valence-corrected chi connectivity index (χ3v) is 19.3. The maximum atomic E-state index is 5.45. The van der Waals surface area contributed by atoms with E-state index in [0.717, 1.165) is 40.6 Å². The van der Waals surface area contributed by atoms with Gasteiger partial charge in [0, 0.05) is 69.4 Å². The summed E-state index contributed by atoms with van der Waals surface area (Å²) in [6.07, 6.45) is 7.08. The summed E-state index contributed by atoms with van der Waals surface area (Å²) in [5.74, 6) is 2.46. The zero-order chi connectivity index (χ0) is 50.2. The molecule has 76 heavy (non-hydrogen) atoms. The van der Waals surface area contributed by atoms with Crippen LogP contribution in [-0.4, -0.2) is 24.8 Å². The first kappa shape index (κ1) is 43.9. The molecule has 13 aromatic rings. The fraction of sp³-hybridized carbons (Fsp3) is 0.100. The van der Waals surface area contributed by atoms with Crippen molar-refractivity contribution in [1.82, 2.24) is 19.5 Å². The summed E-state index contributed by atoms with van der Waals surface area (Å²) in [6, 6.07) is 75.6. The maximum absolute atomic E-state index is 5.45. The molecule has 0 amide bonds. The lowest BCUT2D eigenvalue weighted by Gasteiger charge is -2.31. The number of aromatic nitrogens is 4. The summed E-state index contributed by atoms with van der Waals surface area (Å²) in [6.45, 7) is 4.93. The predicted molar refractivity (Wildman–Crippen MR) is 321 cm³/mol. The second-order valence-electron chi connectivity index (χ2n) is 21.3. The fourth-order valence-corrected chi connectivity index (χ4v) is 16.3. The Morgan fingerprint density at radius 3 is 1.72 bits per heavy atom. The van der Waals surface area contributed by atoms with E-state index < -0.39 is 0 Å². The van der Waals surface area contributed by atoms with Crippen LogP contribution in [0.25, 0.3) is 126 Å². The molecule has 0 N–H and O–H groups in total. The first-order chi connectivity index (χ1) is 37.4. The van der Waals surface area contributed by atoms with Gasteiger partial charge in [-0.3, -0.25) is 0 Å². The lowest BCUT2D eigenvalue weighted by atomic mass is 9.72. The van der Waals surface area contributed by atoms with Gasteiger partial charge in [0.15, 0.2) is 17.5 Å². The molecule has 4 nitrogen and oxygen atoms in total. The van der Waals surface area contributed by atoms with Crippen LogP contribution < -0.4 is 0 Å². The van der Waals surface area contributed by atoms with Gasteiger partial charge in [-0.05, 0) is 116 Å². The fourth-order valence-electron chi connectivity index (χ4n) is 13.4. The van der Waals surface area contributed by atoms with Gasteiger partial charge >= 0.3 is 0 Å². The van der Waals surface area contributed by atoms with Gasteiger partial charge in [0.1, 0.15) is 0 Å². The Kier molecular flexibility index (Phi) is 9.71. The number of allylic oxidation sites excluding steroid dienone is 3. The maximum Gasteiger partial charge on any atom is 0.164 e. The molecule has 16 rings (SSSR count). The van der Waals surface area contributed by atoms with Crippen LogP contribution in [0.1, 0.15) is 38.2 Å². The van der Waals surface area contributed by atoms with E-state index in [9.17, 15) is 0 Å². The van der Waals surface area contributed by atoms with Crippen LogP contribution in [-0.2, 0) is 0 Å². The molecule has 0 saturated heterocycles. The van der Waals surface area contributed by atoms with E-state index in [2.05, 4.69) is 231 Å². The number of thiophene rings is 1. The zero-order valence-corrected chi connectivity index (χ0v) is 43.6. The van der Waals surface area contributed by atoms with E-state index in [1.54, 1.807) is 11.1 Å². The lowest BCUT2D eigenvalue weighted by molar-refractivity contribution is 0.374. The van der Waals surface area contributed by atoms with Gasteiger partial charge in [-0.15, -0.1) is 23.1 Å². The Morgan fingerprint density at radius 2 is 1.07 bits per heavy atom. The van der Waals surface area contributed by atoms with Gasteiger partial charge in [-0.1, -0.05) is 195 Å². The van der Waals surface area contributed by atoms with E-state index in [1.165, 1.54) is 90.8 Å². The lowest BCUT2D eigenvalue weighted by Crippen LogP contribution is -2.22. The Balaban J connectivity index is 0.903. The standard InChI is InChI=1S/C70H48N4S2/c1-70(2)56-31-17-16-29-50(56)66-65(70)55-37-44(33-36-59(55)76-66)68-71-67(43-23-10-5-11-24-43)72-69(73-68)52-30-18-32-60-62(52)51-35-34-45(38-61(51)75-60)74-57-39-53(41-19-6-3-7-20-41)46-25-12-14-27-48(46)63(57)64-49-28-15-13-26-47(49)54(40-58(64)74)42-21-8-4-9-22-42/h3-16,18-30,32-40,65-66H,17,31H2,1-2H3. The molecular weight excluding hydrogens is 961 g/mol. The zero-order valence-electron chi connectivity index (χ0n) is 42.0. The number of nitrogens with zero attached hydrogens (tertiary/aromatic N) is 4. The topological polar surface area (TPSA) is 43.6 Å². The van der Waals surface area contributed by atoms with Crippen molar-refractivity contribution < 1.29 is 0 Å². The van der Waals surface area contributed by atoms with Crippen LogP contribution in [0, 0.1) is 5.41 Å². The average Bonchev–Trinajstić information content (AvgIpc) is 4.28. The normalized spacial score (nSPS) is 16.7. The van der Waals surface area contributed by atoms with Crippen molar-refractivity contribution in [3.05, 3.63) is 235 Å². The number of rotatable bonds is 6. The molecule has 0 saturated carbocycles. The van der Waals surface area contributed by atoms with Crippen molar-refractivity contribution >= 4 is 86.6 Å². The van der Waals surface area contributed by atoms with Crippen LogP contribution in [0.2, 0.25) is 0 Å². The highest BCUT2D eigenvalue weighted by Gasteiger charge is 2.52. The summed E-state index contributed by atoms with van der Waals surface area (Å²) in [5, 5.41) is 10.3. The van der Waals surface area contributed by atoms with Gasteiger partial charge in [0.2, 0.25) is 0 Å².